The molecule has 7 heteroatoms. The smallest absolute Gasteiger partial charge is 0.261 e. The quantitative estimate of drug-likeness (QED) is 0.904. The molecule has 0 unspecified atom stereocenters. The van der Waals surface area contributed by atoms with Gasteiger partial charge in [-0.2, -0.15) is 0 Å². The van der Waals surface area contributed by atoms with Gasteiger partial charge in [0.25, 0.3) is 10.0 Å². The molecule has 4 nitrogen and oxygen atoms in total. The van der Waals surface area contributed by atoms with Crippen LogP contribution in [0, 0.1) is 19.7 Å². The Morgan fingerprint density at radius 1 is 1.19 bits per heavy atom. The summed E-state index contributed by atoms with van der Waals surface area (Å²) < 4.78 is 39.9. The first-order valence-electron chi connectivity index (χ1n) is 5.99. The Morgan fingerprint density at radius 3 is 2.48 bits per heavy atom. The van der Waals surface area contributed by atoms with Crippen molar-refractivity contribution in [1.29, 1.82) is 0 Å². The summed E-state index contributed by atoms with van der Waals surface area (Å²) in [6.07, 6.45) is 0. The molecule has 2 N–H and O–H groups in total. The predicted molar refractivity (Wildman–Crippen MR) is 79.8 cm³/mol. The van der Waals surface area contributed by atoms with Crippen molar-refractivity contribution in [3.8, 4) is 5.75 Å². The van der Waals surface area contributed by atoms with E-state index < -0.39 is 15.8 Å². The van der Waals surface area contributed by atoms with Gasteiger partial charge in [-0.1, -0.05) is 17.7 Å². The fourth-order valence-corrected chi connectivity index (χ4v) is 3.19. The molecule has 0 aromatic heterocycles. The number of hydrogen-bond acceptors (Lipinski definition) is 3. The summed E-state index contributed by atoms with van der Waals surface area (Å²) in [5, 5.41) is 9.55. The normalized spacial score (nSPS) is 11.4. The number of sulfonamides is 1. The lowest BCUT2D eigenvalue weighted by Gasteiger charge is -2.13. The Bertz CT molecular complexity index is 806. The highest BCUT2D eigenvalue weighted by Crippen LogP contribution is 2.30. The zero-order valence-electron chi connectivity index (χ0n) is 11.3. The van der Waals surface area contributed by atoms with E-state index in [-0.39, 0.29) is 21.4 Å². The molecular formula is C14H13ClFNO3S. The molecular weight excluding hydrogens is 317 g/mol. The van der Waals surface area contributed by atoms with Crippen LogP contribution in [0.25, 0.3) is 0 Å². The third kappa shape index (κ3) is 3.11. The van der Waals surface area contributed by atoms with Gasteiger partial charge in [0, 0.05) is 5.56 Å². The van der Waals surface area contributed by atoms with E-state index in [1.54, 1.807) is 26.0 Å². The lowest BCUT2D eigenvalue weighted by atomic mass is 10.1. The van der Waals surface area contributed by atoms with Gasteiger partial charge >= 0.3 is 0 Å². The van der Waals surface area contributed by atoms with E-state index in [1.807, 2.05) is 0 Å². The highest BCUT2D eigenvalue weighted by molar-refractivity contribution is 7.92. The van der Waals surface area contributed by atoms with Crippen molar-refractivity contribution in [2.45, 2.75) is 18.7 Å². The van der Waals surface area contributed by atoms with E-state index in [0.29, 0.717) is 11.1 Å². The Balaban J connectivity index is 2.42. The summed E-state index contributed by atoms with van der Waals surface area (Å²) >= 11 is 5.59. The number of hydrogen-bond donors (Lipinski definition) is 2. The van der Waals surface area contributed by atoms with Crippen molar-refractivity contribution in [3.63, 3.8) is 0 Å². The summed E-state index contributed by atoms with van der Waals surface area (Å²) in [7, 11) is -3.92. The zero-order chi connectivity index (χ0) is 15.8. The Labute approximate surface area is 127 Å². The first-order chi connectivity index (χ1) is 9.72. The minimum absolute atomic E-state index is 0.0207. The molecule has 0 amide bonds. The van der Waals surface area contributed by atoms with Crippen LogP contribution in [0.5, 0.6) is 5.75 Å². The maximum absolute atomic E-state index is 13.1. The van der Waals surface area contributed by atoms with Crippen LogP contribution in [-0.4, -0.2) is 13.5 Å². The number of aromatic hydroxyl groups is 1. The molecule has 0 radical (unpaired) electrons. The maximum Gasteiger partial charge on any atom is 0.261 e. The number of halogens is 2. The molecule has 0 aliphatic rings. The third-order valence-corrected chi connectivity index (χ3v) is 4.73. The summed E-state index contributed by atoms with van der Waals surface area (Å²) in [6.45, 7) is 3.30. The molecule has 2 rings (SSSR count). The molecule has 0 aliphatic carbocycles. The molecule has 2 aromatic rings. The highest BCUT2D eigenvalue weighted by Gasteiger charge is 2.18. The molecule has 0 saturated carbocycles. The standard InChI is InChI=1S/C14H13ClFNO3S/c1-8-3-6-13(9(2)14(8)18)17-21(19,20)10-4-5-12(16)11(15)7-10/h3-7,17-18H,1-2H3. The van der Waals surface area contributed by atoms with Gasteiger partial charge < -0.3 is 5.11 Å². The largest absolute Gasteiger partial charge is 0.507 e. The SMILES string of the molecule is Cc1ccc(NS(=O)(=O)c2ccc(F)c(Cl)c2)c(C)c1O. The molecule has 112 valence electrons. The Hall–Kier alpha value is -1.79. The average Bonchev–Trinajstić information content (AvgIpc) is 2.42. The molecule has 0 bridgehead atoms. The predicted octanol–water partition coefficient (Wildman–Crippen LogP) is 3.60. The number of phenolic OH excluding ortho intramolecular Hbond substituents is 1. The second-order valence-corrected chi connectivity index (χ2v) is 6.67. The topological polar surface area (TPSA) is 66.4 Å². The first-order valence-corrected chi connectivity index (χ1v) is 7.85. The summed E-state index contributed by atoms with van der Waals surface area (Å²) in [5.74, 6) is -0.674. The van der Waals surface area contributed by atoms with Crippen LogP contribution in [-0.2, 0) is 10.0 Å². The molecule has 0 fully saturated rings. The van der Waals surface area contributed by atoms with E-state index in [9.17, 15) is 17.9 Å². The lowest BCUT2D eigenvalue weighted by Crippen LogP contribution is -2.14. The molecule has 0 aliphatic heterocycles. The van der Waals surface area contributed by atoms with Crippen LogP contribution >= 0.6 is 11.6 Å². The fourth-order valence-electron chi connectivity index (χ4n) is 1.79. The monoisotopic (exact) mass is 329 g/mol. The van der Waals surface area contributed by atoms with Crippen LogP contribution in [0.4, 0.5) is 10.1 Å². The highest BCUT2D eigenvalue weighted by atomic mass is 35.5. The van der Waals surface area contributed by atoms with E-state index in [0.717, 1.165) is 18.2 Å². The summed E-state index contributed by atoms with van der Waals surface area (Å²) in [6, 6.07) is 6.27. The van der Waals surface area contributed by atoms with Crippen LogP contribution in [0.1, 0.15) is 11.1 Å². The minimum Gasteiger partial charge on any atom is -0.507 e. The molecule has 0 atom stereocenters. The number of anilines is 1. The number of benzene rings is 2. The Kier molecular flexibility index (Phi) is 4.11. The van der Waals surface area contributed by atoms with Gasteiger partial charge in [0.2, 0.25) is 0 Å². The number of rotatable bonds is 3. The van der Waals surface area contributed by atoms with Crippen molar-refractivity contribution in [2.24, 2.45) is 0 Å². The van der Waals surface area contributed by atoms with Gasteiger partial charge in [-0.3, -0.25) is 4.72 Å². The summed E-state index contributed by atoms with van der Waals surface area (Å²) in [5.41, 5.74) is 1.30. The van der Waals surface area contributed by atoms with Crippen molar-refractivity contribution >= 4 is 27.3 Å². The lowest BCUT2D eigenvalue weighted by molar-refractivity contribution is 0.467. The van der Waals surface area contributed by atoms with Crippen LogP contribution in [0.3, 0.4) is 0 Å². The first kappa shape index (κ1) is 15.6. The minimum atomic E-state index is -3.92. The van der Waals surface area contributed by atoms with Gasteiger partial charge in [0.1, 0.15) is 11.6 Å². The van der Waals surface area contributed by atoms with E-state index >= 15 is 0 Å². The third-order valence-electron chi connectivity index (χ3n) is 3.08. The summed E-state index contributed by atoms with van der Waals surface area (Å²) in [4.78, 5) is -0.159. The molecule has 21 heavy (non-hydrogen) atoms. The van der Waals surface area contributed by atoms with E-state index in [2.05, 4.69) is 4.72 Å². The van der Waals surface area contributed by atoms with Crippen molar-refractivity contribution in [1.82, 2.24) is 0 Å². The van der Waals surface area contributed by atoms with Crippen LogP contribution < -0.4 is 4.72 Å². The van der Waals surface area contributed by atoms with Crippen molar-refractivity contribution in [3.05, 3.63) is 52.3 Å². The van der Waals surface area contributed by atoms with Gasteiger partial charge in [0.15, 0.2) is 0 Å². The van der Waals surface area contributed by atoms with Gasteiger partial charge in [-0.05, 0) is 43.7 Å². The van der Waals surface area contributed by atoms with Crippen molar-refractivity contribution in [2.75, 3.05) is 4.72 Å². The Morgan fingerprint density at radius 2 is 1.86 bits per heavy atom. The zero-order valence-corrected chi connectivity index (χ0v) is 12.9. The van der Waals surface area contributed by atoms with Crippen molar-refractivity contribution < 1.29 is 17.9 Å². The van der Waals surface area contributed by atoms with Gasteiger partial charge in [-0.15, -0.1) is 0 Å². The molecule has 2 aromatic carbocycles. The van der Waals surface area contributed by atoms with Crippen LogP contribution in [0.2, 0.25) is 5.02 Å². The second-order valence-electron chi connectivity index (χ2n) is 4.59. The number of nitrogens with one attached hydrogen (secondary N) is 1. The molecule has 0 saturated heterocycles. The fraction of sp³-hybridized carbons (Fsp3) is 0.143. The second kappa shape index (κ2) is 5.54. The maximum atomic E-state index is 13.1. The van der Waals surface area contributed by atoms with E-state index in [1.165, 1.54) is 0 Å². The number of phenols is 1. The number of aryl methyl sites for hydroxylation is 1. The van der Waals surface area contributed by atoms with Crippen LogP contribution in [0.15, 0.2) is 35.2 Å². The van der Waals surface area contributed by atoms with Gasteiger partial charge in [0.05, 0.1) is 15.6 Å². The molecule has 0 heterocycles. The van der Waals surface area contributed by atoms with Gasteiger partial charge in [-0.25, -0.2) is 12.8 Å². The average molecular weight is 330 g/mol. The molecule has 0 spiro atoms. The van der Waals surface area contributed by atoms with E-state index in [4.69, 9.17) is 11.6 Å².